The van der Waals surface area contributed by atoms with Crippen molar-refractivity contribution in [1.82, 2.24) is 4.90 Å². The average Bonchev–Trinajstić information content (AvgIpc) is 2.84. The number of piperidine rings is 1. The van der Waals surface area contributed by atoms with Crippen LogP contribution < -0.4 is 0 Å². The van der Waals surface area contributed by atoms with Crippen LogP contribution in [0, 0.1) is 11.8 Å². The van der Waals surface area contributed by atoms with E-state index in [-0.39, 0.29) is 24.2 Å². The van der Waals surface area contributed by atoms with Gasteiger partial charge in [0.25, 0.3) is 5.91 Å². The second kappa shape index (κ2) is 6.72. The molecule has 2 rings (SSSR count). The van der Waals surface area contributed by atoms with Crippen molar-refractivity contribution < 1.29 is 14.7 Å². The number of likely N-dealkylation sites (tertiary alicyclic amines) is 1. The third-order valence-electron chi connectivity index (χ3n) is 3.86. The predicted molar refractivity (Wildman–Crippen MR) is 82.1 cm³/mol. The van der Waals surface area contributed by atoms with Gasteiger partial charge in [0.15, 0.2) is 0 Å². The molecule has 0 aliphatic carbocycles. The van der Waals surface area contributed by atoms with Crippen LogP contribution >= 0.6 is 27.3 Å². The van der Waals surface area contributed by atoms with Crippen molar-refractivity contribution in [2.45, 2.75) is 26.2 Å². The zero-order chi connectivity index (χ0) is 14.7. The highest BCUT2D eigenvalue weighted by Gasteiger charge is 2.29. The molecule has 0 bridgehead atoms. The molecule has 1 aromatic heterocycles. The van der Waals surface area contributed by atoms with Crippen LogP contribution in [0.3, 0.4) is 0 Å². The lowest BCUT2D eigenvalue weighted by atomic mass is 9.84. The molecule has 1 saturated heterocycles. The van der Waals surface area contributed by atoms with Crippen LogP contribution in [0.4, 0.5) is 0 Å². The fourth-order valence-corrected chi connectivity index (χ4v) is 3.84. The summed E-state index contributed by atoms with van der Waals surface area (Å²) in [5.74, 6) is -0.315. The van der Waals surface area contributed by atoms with E-state index in [0.29, 0.717) is 12.1 Å². The molecule has 1 aliphatic rings. The van der Waals surface area contributed by atoms with Crippen LogP contribution in [0.2, 0.25) is 0 Å². The van der Waals surface area contributed by atoms with Crippen molar-refractivity contribution >= 4 is 39.1 Å². The predicted octanol–water partition coefficient (Wildman–Crippen LogP) is 3.47. The molecular weight excluding hydrogens is 342 g/mol. The van der Waals surface area contributed by atoms with Gasteiger partial charge in [-0.05, 0) is 46.7 Å². The van der Waals surface area contributed by atoms with E-state index in [2.05, 4.69) is 15.9 Å². The molecule has 4 nitrogen and oxygen atoms in total. The van der Waals surface area contributed by atoms with Crippen LogP contribution in [0.25, 0.3) is 0 Å². The van der Waals surface area contributed by atoms with Gasteiger partial charge in [-0.3, -0.25) is 9.59 Å². The lowest BCUT2D eigenvalue weighted by Crippen LogP contribution is -2.41. The van der Waals surface area contributed by atoms with Gasteiger partial charge in [0.2, 0.25) is 0 Å². The summed E-state index contributed by atoms with van der Waals surface area (Å²) in [6.45, 7) is 3.40. The maximum Gasteiger partial charge on any atom is 0.303 e. The van der Waals surface area contributed by atoms with Gasteiger partial charge in [-0.15, -0.1) is 11.3 Å². The second-order valence-electron chi connectivity index (χ2n) is 5.37. The molecule has 2 unspecified atom stereocenters. The normalized spacial score (nSPS) is 20.7. The molecule has 2 atom stereocenters. The van der Waals surface area contributed by atoms with Crippen LogP contribution in [-0.4, -0.2) is 35.0 Å². The first kappa shape index (κ1) is 15.5. The molecule has 1 fully saturated rings. The minimum atomic E-state index is -0.761. The number of rotatable bonds is 4. The first-order chi connectivity index (χ1) is 9.47. The number of amides is 1. The molecule has 1 N–H and O–H groups in total. The third-order valence-corrected chi connectivity index (χ3v) is 5.37. The van der Waals surface area contributed by atoms with Crippen molar-refractivity contribution in [3.05, 3.63) is 20.8 Å². The monoisotopic (exact) mass is 359 g/mol. The van der Waals surface area contributed by atoms with Gasteiger partial charge in [-0.2, -0.15) is 0 Å². The number of carbonyl (C=O) groups is 2. The smallest absolute Gasteiger partial charge is 0.303 e. The summed E-state index contributed by atoms with van der Waals surface area (Å²) < 4.78 is 0.952. The van der Waals surface area contributed by atoms with E-state index >= 15 is 0 Å². The van der Waals surface area contributed by atoms with Crippen molar-refractivity contribution in [3.63, 3.8) is 0 Å². The topological polar surface area (TPSA) is 57.6 Å². The quantitative estimate of drug-likeness (QED) is 0.895. The molecule has 1 amide bonds. The van der Waals surface area contributed by atoms with Gasteiger partial charge >= 0.3 is 5.97 Å². The molecule has 1 aromatic rings. The Morgan fingerprint density at radius 1 is 1.60 bits per heavy atom. The fourth-order valence-electron chi connectivity index (χ4n) is 2.71. The largest absolute Gasteiger partial charge is 0.481 e. The van der Waals surface area contributed by atoms with Crippen LogP contribution in [0.15, 0.2) is 15.2 Å². The maximum absolute atomic E-state index is 12.4. The van der Waals surface area contributed by atoms with Crippen LogP contribution in [-0.2, 0) is 4.79 Å². The Morgan fingerprint density at radius 2 is 2.35 bits per heavy atom. The third kappa shape index (κ3) is 3.82. The zero-order valence-corrected chi connectivity index (χ0v) is 13.7. The van der Waals surface area contributed by atoms with Crippen LogP contribution in [0.5, 0.6) is 0 Å². The molecule has 2 heterocycles. The lowest BCUT2D eigenvalue weighted by Gasteiger charge is -2.35. The van der Waals surface area contributed by atoms with E-state index in [1.165, 1.54) is 11.3 Å². The van der Waals surface area contributed by atoms with E-state index in [4.69, 9.17) is 5.11 Å². The highest BCUT2D eigenvalue weighted by atomic mass is 79.9. The highest BCUT2D eigenvalue weighted by Crippen LogP contribution is 2.28. The lowest BCUT2D eigenvalue weighted by molar-refractivity contribution is -0.138. The number of aliphatic carboxylic acids is 1. The number of thiophene rings is 1. The van der Waals surface area contributed by atoms with Crippen LogP contribution in [0.1, 0.15) is 36.5 Å². The summed E-state index contributed by atoms with van der Waals surface area (Å²) in [4.78, 5) is 25.1. The molecule has 6 heteroatoms. The SMILES string of the molecule is CC(CC(=O)O)C1CCCN(C(=O)c2csc(Br)c2)C1. The number of carboxylic acid groups (broad SMARTS) is 1. The van der Waals surface area contributed by atoms with Gasteiger partial charge in [0, 0.05) is 24.9 Å². The van der Waals surface area contributed by atoms with E-state index in [1.807, 2.05) is 23.3 Å². The minimum absolute atomic E-state index is 0.0548. The number of nitrogens with zero attached hydrogens (tertiary/aromatic N) is 1. The van der Waals surface area contributed by atoms with E-state index in [9.17, 15) is 9.59 Å². The Kier molecular flexibility index (Phi) is 5.21. The fraction of sp³-hybridized carbons (Fsp3) is 0.571. The van der Waals surface area contributed by atoms with Crippen molar-refractivity contribution in [1.29, 1.82) is 0 Å². The Hall–Kier alpha value is -0.880. The van der Waals surface area contributed by atoms with Gasteiger partial charge in [-0.25, -0.2) is 0 Å². The summed E-state index contributed by atoms with van der Waals surface area (Å²) in [7, 11) is 0. The summed E-state index contributed by atoms with van der Waals surface area (Å²) in [6, 6.07) is 1.84. The second-order valence-corrected chi connectivity index (χ2v) is 7.66. The van der Waals surface area contributed by atoms with Gasteiger partial charge in [0.1, 0.15) is 0 Å². The summed E-state index contributed by atoms with van der Waals surface area (Å²) in [5, 5.41) is 10.7. The summed E-state index contributed by atoms with van der Waals surface area (Å²) in [6.07, 6.45) is 2.13. The van der Waals surface area contributed by atoms with E-state index in [0.717, 1.165) is 23.2 Å². The number of hydrogen-bond acceptors (Lipinski definition) is 3. The van der Waals surface area contributed by atoms with Crippen molar-refractivity contribution in [2.75, 3.05) is 13.1 Å². The molecule has 0 spiro atoms. The zero-order valence-electron chi connectivity index (χ0n) is 11.3. The van der Waals surface area contributed by atoms with Gasteiger partial charge in [0.05, 0.1) is 9.35 Å². The number of halogens is 1. The highest BCUT2D eigenvalue weighted by molar-refractivity contribution is 9.11. The molecule has 0 radical (unpaired) electrons. The van der Waals surface area contributed by atoms with Crippen molar-refractivity contribution in [3.8, 4) is 0 Å². The molecule has 0 aromatic carbocycles. The molecule has 0 saturated carbocycles. The minimum Gasteiger partial charge on any atom is -0.481 e. The maximum atomic E-state index is 12.4. The Bertz CT molecular complexity index is 502. The molecule has 20 heavy (non-hydrogen) atoms. The Balaban J connectivity index is 1.99. The van der Waals surface area contributed by atoms with E-state index < -0.39 is 5.97 Å². The van der Waals surface area contributed by atoms with Gasteiger partial charge < -0.3 is 10.0 Å². The number of carbonyl (C=O) groups excluding carboxylic acids is 1. The summed E-state index contributed by atoms with van der Waals surface area (Å²) >= 11 is 4.87. The Labute approximate surface area is 130 Å². The molecule has 1 aliphatic heterocycles. The summed E-state index contributed by atoms with van der Waals surface area (Å²) in [5.41, 5.74) is 0.716. The molecule has 110 valence electrons. The number of carboxylic acids is 1. The Morgan fingerprint density at radius 3 is 2.95 bits per heavy atom. The van der Waals surface area contributed by atoms with Gasteiger partial charge in [-0.1, -0.05) is 6.92 Å². The first-order valence-corrected chi connectivity index (χ1v) is 8.39. The number of hydrogen-bond donors (Lipinski definition) is 1. The van der Waals surface area contributed by atoms with Crippen molar-refractivity contribution in [2.24, 2.45) is 11.8 Å². The standard InChI is InChI=1S/C14H18BrNO3S/c1-9(5-13(17)18)10-3-2-4-16(7-10)14(19)11-6-12(15)20-8-11/h6,8-10H,2-5,7H2,1H3,(H,17,18). The average molecular weight is 360 g/mol. The first-order valence-electron chi connectivity index (χ1n) is 6.72. The van der Waals surface area contributed by atoms with E-state index in [1.54, 1.807) is 0 Å². The molecular formula is C14H18BrNO3S.